The highest BCUT2D eigenvalue weighted by molar-refractivity contribution is 7.07. The number of para-hydroxylation sites is 1. The zero-order valence-corrected chi connectivity index (χ0v) is 14.0. The second kappa shape index (κ2) is 5.66. The molecule has 5 heteroatoms. The summed E-state index contributed by atoms with van der Waals surface area (Å²) >= 11 is 1.25. The van der Waals surface area contributed by atoms with Crippen molar-refractivity contribution in [3.05, 3.63) is 55.6 Å². The van der Waals surface area contributed by atoms with Crippen LogP contribution in [0.1, 0.15) is 26.5 Å². The molecular weight excluding hydrogens is 310 g/mol. The molecule has 0 fully saturated rings. The average Bonchev–Trinajstić information content (AvgIpc) is 3.01. The van der Waals surface area contributed by atoms with Crippen LogP contribution in [0.5, 0.6) is 0 Å². The SMILES string of the molecule is CC(C)(C)C(=O)C=c1[nH]c(=O)c(=Cc2cc3ccccc3o2)s1. The van der Waals surface area contributed by atoms with Gasteiger partial charge in [-0.25, -0.2) is 0 Å². The van der Waals surface area contributed by atoms with Gasteiger partial charge in [-0.15, -0.1) is 11.3 Å². The van der Waals surface area contributed by atoms with E-state index in [0.29, 0.717) is 15.0 Å². The molecule has 0 atom stereocenters. The number of aromatic nitrogens is 1. The Hall–Kier alpha value is -2.40. The molecule has 1 N–H and O–H groups in total. The van der Waals surface area contributed by atoms with Gasteiger partial charge in [0, 0.05) is 23.0 Å². The number of H-pyrrole nitrogens is 1. The number of hydrogen-bond donors (Lipinski definition) is 1. The molecule has 0 radical (unpaired) electrons. The Labute approximate surface area is 136 Å². The van der Waals surface area contributed by atoms with E-state index in [0.717, 1.165) is 11.0 Å². The van der Waals surface area contributed by atoms with Gasteiger partial charge in [0.15, 0.2) is 5.78 Å². The van der Waals surface area contributed by atoms with E-state index >= 15 is 0 Å². The highest BCUT2D eigenvalue weighted by atomic mass is 32.1. The van der Waals surface area contributed by atoms with Gasteiger partial charge in [-0.1, -0.05) is 39.0 Å². The van der Waals surface area contributed by atoms with E-state index in [1.165, 1.54) is 17.4 Å². The Kier molecular flexibility index (Phi) is 3.82. The lowest BCUT2D eigenvalue weighted by Crippen LogP contribution is -2.22. The van der Waals surface area contributed by atoms with Crippen molar-refractivity contribution in [1.29, 1.82) is 0 Å². The normalized spacial score (nSPS) is 13.9. The van der Waals surface area contributed by atoms with Crippen molar-refractivity contribution in [3.63, 3.8) is 0 Å². The highest BCUT2D eigenvalue weighted by Crippen LogP contribution is 2.19. The zero-order valence-electron chi connectivity index (χ0n) is 13.2. The van der Waals surface area contributed by atoms with Gasteiger partial charge in [0.25, 0.3) is 5.56 Å². The molecule has 2 heterocycles. The zero-order chi connectivity index (χ0) is 16.6. The molecule has 23 heavy (non-hydrogen) atoms. The van der Waals surface area contributed by atoms with Gasteiger partial charge in [-0.2, -0.15) is 0 Å². The van der Waals surface area contributed by atoms with Crippen LogP contribution in [-0.4, -0.2) is 10.8 Å². The van der Waals surface area contributed by atoms with Gasteiger partial charge >= 0.3 is 0 Å². The van der Waals surface area contributed by atoms with E-state index in [-0.39, 0.29) is 11.3 Å². The number of carbonyl (C=O) groups excluding carboxylic acids is 1. The van der Waals surface area contributed by atoms with Crippen LogP contribution >= 0.6 is 11.3 Å². The van der Waals surface area contributed by atoms with E-state index in [2.05, 4.69) is 4.98 Å². The van der Waals surface area contributed by atoms with Crippen LogP contribution < -0.4 is 14.8 Å². The van der Waals surface area contributed by atoms with E-state index in [1.807, 2.05) is 51.1 Å². The fourth-order valence-electron chi connectivity index (χ4n) is 2.06. The average molecular weight is 327 g/mol. The van der Waals surface area contributed by atoms with Crippen molar-refractivity contribution >= 4 is 40.2 Å². The second-order valence-electron chi connectivity index (χ2n) is 6.37. The van der Waals surface area contributed by atoms with Gasteiger partial charge in [0.05, 0.1) is 9.20 Å². The number of nitrogens with one attached hydrogen (secondary N) is 1. The summed E-state index contributed by atoms with van der Waals surface area (Å²) in [5.74, 6) is 0.595. The number of rotatable bonds is 2. The van der Waals surface area contributed by atoms with E-state index in [4.69, 9.17) is 4.42 Å². The fourth-order valence-corrected chi connectivity index (χ4v) is 2.93. The Morgan fingerprint density at radius 1 is 1.26 bits per heavy atom. The Balaban J connectivity index is 2.05. The summed E-state index contributed by atoms with van der Waals surface area (Å²) in [6.45, 7) is 5.54. The third-order valence-corrected chi connectivity index (χ3v) is 4.36. The summed E-state index contributed by atoms with van der Waals surface area (Å²) in [6, 6.07) is 9.56. The lowest BCUT2D eigenvalue weighted by Gasteiger charge is -2.12. The Morgan fingerprint density at radius 3 is 2.70 bits per heavy atom. The number of furan rings is 1. The van der Waals surface area contributed by atoms with E-state index in [9.17, 15) is 9.59 Å². The van der Waals surface area contributed by atoms with Crippen LogP contribution in [0.15, 0.2) is 39.5 Å². The van der Waals surface area contributed by atoms with Crippen LogP contribution in [0.3, 0.4) is 0 Å². The van der Waals surface area contributed by atoms with Gasteiger partial charge in [0.2, 0.25) is 0 Å². The lowest BCUT2D eigenvalue weighted by atomic mass is 9.91. The Morgan fingerprint density at radius 2 is 2.00 bits per heavy atom. The summed E-state index contributed by atoms with van der Waals surface area (Å²) < 4.78 is 6.76. The van der Waals surface area contributed by atoms with Crippen molar-refractivity contribution in [2.75, 3.05) is 0 Å². The number of Topliss-reactive ketones (excluding diaryl/α,β-unsaturated/α-hetero) is 1. The molecule has 0 aliphatic heterocycles. The predicted octanol–water partition coefficient (Wildman–Crippen LogP) is 2.41. The fraction of sp³-hybridized carbons (Fsp3) is 0.222. The lowest BCUT2D eigenvalue weighted by molar-refractivity contribution is -0.119. The highest BCUT2D eigenvalue weighted by Gasteiger charge is 2.18. The van der Waals surface area contributed by atoms with Crippen LogP contribution in [0, 0.1) is 5.41 Å². The minimum Gasteiger partial charge on any atom is -0.457 e. The molecule has 0 saturated carbocycles. The van der Waals surface area contributed by atoms with Crippen LogP contribution in [-0.2, 0) is 4.79 Å². The number of carbonyl (C=O) groups is 1. The summed E-state index contributed by atoms with van der Waals surface area (Å²) in [5.41, 5.74) is 0.0913. The smallest absolute Gasteiger partial charge is 0.266 e. The molecule has 3 rings (SSSR count). The first-order valence-corrected chi connectivity index (χ1v) is 8.10. The van der Waals surface area contributed by atoms with Gasteiger partial charge in [-0.05, 0) is 12.1 Å². The van der Waals surface area contributed by atoms with Crippen molar-refractivity contribution in [1.82, 2.24) is 4.98 Å². The van der Waals surface area contributed by atoms with Gasteiger partial charge in [-0.3, -0.25) is 9.59 Å². The van der Waals surface area contributed by atoms with E-state index in [1.54, 1.807) is 6.08 Å². The van der Waals surface area contributed by atoms with Crippen LogP contribution in [0.4, 0.5) is 0 Å². The number of thiazole rings is 1. The minimum atomic E-state index is -0.469. The first-order valence-electron chi connectivity index (χ1n) is 7.28. The number of fused-ring (bicyclic) bond motifs is 1. The van der Waals surface area contributed by atoms with Gasteiger partial charge < -0.3 is 9.40 Å². The van der Waals surface area contributed by atoms with Crippen molar-refractivity contribution in [3.8, 4) is 0 Å². The maximum Gasteiger partial charge on any atom is 0.266 e. The van der Waals surface area contributed by atoms with E-state index < -0.39 is 5.41 Å². The third-order valence-electron chi connectivity index (χ3n) is 3.40. The molecule has 0 saturated heterocycles. The molecule has 0 spiro atoms. The third kappa shape index (κ3) is 3.35. The summed E-state index contributed by atoms with van der Waals surface area (Å²) in [7, 11) is 0. The molecule has 3 aromatic rings. The monoisotopic (exact) mass is 327 g/mol. The molecule has 0 aliphatic carbocycles. The summed E-state index contributed by atoms with van der Waals surface area (Å²) in [6.07, 6.45) is 3.18. The molecule has 4 nitrogen and oxygen atoms in total. The first kappa shape index (κ1) is 15.5. The topological polar surface area (TPSA) is 63.1 Å². The summed E-state index contributed by atoms with van der Waals surface area (Å²) in [4.78, 5) is 26.8. The standard InChI is InChI=1S/C18H17NO3S/c1-18(2,3)15(20)10-16-19-17(21)14(23-16)9-12-8-11-6-4-5-7-13(11)22-12/h4-10H,1-3H3,(H,19,21). The number of benzene rings is 1. The molecule has 2 aromatic heterocycles. The molecule has 0 aliphatic rings. The molecular formula is C18H17NO3S. The summed E-state index contributed by atoms with van der Waals surface area (Å²) in [5, 5.41) is 0.987. The predicted molar refractivity (Wildman–Crippen MR) is 92.9 cm³/mol. The first-order chi connectivity index (χ1) is 10.8. The second-order valence-corrected chi connectivity index (χ2v) is 7.46. The maximum atomic E-state index is 12.0. The molecule has 0 amide bonds. The maximum absolute atomic E-state index is 12.0. The minimum absolute atomic E-state index is 0.0229. The molecule has 118 valence electrons. The molecule has 0 unspecified atom stereocenters. The van der Waals surface area contributed by atoms with Crippen molar-refractivity contribution in [2.45, 2.75) is 20.8 Å². The Bertz CT molecular complexity index is 1010. The molecule has 0 bridgehead atoms. The number of aromatic amines is 1. The number of ketones is 1. The van der Waals surface area contributed by atoms with Crippen molar-refractivity contribution in [2.24, 2.45) is 5.41 Å². The van der Waals surface area contributed by atoms with Crippen molar-refractivity contribution < 1.29 is 9.21 Å². The van der Waals surface area contributed by atoms with Crippen LogP contribution in [0.25, 0.3) is 23.1 Å². The molecule has 1 aromatic carbocycles. The largest absolute Gasteiger partial charge is 0.457 e. The van der Waals surface area contributed by atoms with Gasteiger partial charge in [0.1, 0.15) is 11.3 Å². The van der Waals surface area contributed by atoms with Crippen LogP contribution in [0.2, 0.25) is 0 Å². The number of hydrogen-bond acceptors (Lipinski definition) is 4. The quantitative estimate of drug-likeness (QED) is 0.786.